The zero-order valence-electron chi connectivity index (χ0n) is 13.3. The lowest BCUT2D eigenvalue weighted by molar-refractivity contribution is -0.385. The minimum Gasteiger partial charge on any atom is -0.294 e. The molecule has 0 aliphatic rings. The summed E-state index contributed by atoms with van der Waals surface area (Å²) in [6, 6.07) is 9.45. The first kappa shape index (κ1) is 16.5. The molecule has 5 nitrogen and oxygen atoms in total. The van der Waals surface area contributed by atoms with Crippen molar-refractivity contribution in [2.24, 2.45) is 0 Å². The number of nitro groups is 1. The van der Waals surface area contributed by atoms with Crippen molar-refractivity contribution in [1.29, 1.82) is 0 Å². The third kappa shape index (κ3) is 3.51. The lowest BCUT2D eigenvalue weighted by Crippen LogP contribution is -2.13. The van der Waals surface area contributed by atoms with Gasteiger partial charge in [0.2, 0.25) is 0 Å². The Bertz CT molecular complexity index is 785. The summed E-state index contributed by atoms with van der Waals surface area (Å²) in [6.07, 6.45) is -0.379. The van der Waals surface area contributed by atoms with Gasteiger partial charge in [0.05, 0.1) is 16.9 Å². The highest BCUT2D eigenvalue weighted by atomic mass is 16.6. The van der Waals surface area contributed by atoms with Gasteiger partial charge in [-0.05, 0) is 38.0 Å². The molecule has 0 N–H and O–H groups in total. The van der Waals surface area contributed by atoms with Crippen LogP contribution in [0.1, 0.15) is 43.8 Å². The van der Waals surface area contributed by atoms with Crippen LogP contribution in [0.25, 0.3) is 0 Å². The average molecular weight is 311 g/mol. The third-order valence-corrected chi connectivity index (χ3v) is 3.68. The molecule has 118 valence electrons. The fourth-order valence-corrected chi connectivity index (χ4v) is 2.82. The smallest absolute Gasteiger partial charge is 0.280 e. The Hall–Kier alpha value is -2.82. The fourth-order valence-electron chi connectivity index (χ4n) is 2.82. The van der Waals surface area contributed by atoms with Gasteiger partial charge in [0.25, 0.3) is 5.69 Å². The Morgan fingerprint density at radius 3 is 2.13 bits per heavy atom. The van der Waals surface area contributed by atoms with E-state index in [2.05, 4.69) is 0 Å². The molecule has 0 spiro atoms. The van der Waals surface area contributed by atoms with Crippen molar-refractivity contribution >= 4 is 17.3 Å². The average Bonchev–Trinajstić information content (AvgIpc) is 2.45. The molecule has 5 heteroatoms. The molecule has 2 aromatic carbocycles. The zero-order chi connectivity index (χ0) is 17.1. The second kappa shape index (κ2) is 6.52. The van der Waals surface area contributed by atoms with Gasteiger partial charge in [0, 0.05) is 11.6 Å². The Balaban J connectivity index is 2.32. The van der Waals surface area contributed by atoms with Gasteiger partial charge in [0.1, 0.15) is 0 Å². The first-order chi connectivity index (χ1) is 10.8. The number of para-hydroxylation sites is 1. The van der Waals surface area contributed by atoms with Crippen LogP contribution < -0.4 is 0 Å². The van der Waals surface area contributed by atoms with Gasteiger partial charge in [-0.1, -0.05) is 29.8 Å². The van der Waals surface area contributed by atoms with Gasteiger partial charge in [0.15, 0.2) is 11.6 Å². The number of hydrogen-bond acceptors (Lipinski definition) is 4. The van der Waals surface area contributed by atoms with Gasteiger partial charge in [-0.3, -0.25) is 19.7 Å². The summed E-state index contributed by atoms with van der Waals surface area (Å²) in [5.74, 6) is -0.857. The van der Waals surface area contributed by atoms with Gasteiger partial charge >= 0.3 is 0 Å². The number of hydrogen-bond donors (Lipinski definition) is 0. The van der Waals surface area contributed by atoms with E-state index in [1.54, 1.807) is 6.07 Å². The van der Waals surface area contributed by atoms with Gasteiger partial charge < -0.3 is 0 Å². The molecule has 0 atom stereocenters. The highest BCUT2D eigenvalue weighted by Crippen LogP contribution is 2.22. The highest BCUT2D eigenvalue weighted by molar-refractivity contribution is 6.15. The van der Waals surface area contributed by atoms with E-state index in [1.165, 1.54) is 18.2 Å². The first-order valence-corrected chi connectivity index (χ1v) is 7.19. The molecule has 2 aromatic rings. The number of carbonyl (C=O) groups is 2. The maximum Gasteiger partial charge on any atom is 0.280 e. The van der Waals surface area contributed by atoms with Gasteiger partial charge in [-0.15, -0.1) is 0 Å². The van der Waals surface area contributed by atoms with Crippen LogP contribution in [0.2, 0.25) is 0 Å². The van der Waals surface area contributed by atoms with Crippen LogP contribution in [0.5, 0.6) is 0 Å². The zero-order valence-corrected chi connectivity index (χ0v) is 13.3. The highest BCUT2D eigenvalue weighted by Gasteiger charge is 2.23. The molecule has 0 aromatic heterocycles. The van der Waals surface area contributed by atoms with Crippen molar-refractivity contribution in [1.82, 2.24) is 0 Å². The maximum atomic E-state index is 12.5. The fraction of sp³-hybridized carbons (Fsp3) is 0.222. The van der Waals surface area contributed by atoms with Crippen LogP contribution in [0.4, 0.5) is 5.69 Å². The van der Waals surface area contributed by atoms with Gasteiger partial charge in [-0.2, -0.15) is 0 Å². The SMILES string of the molecule is Cc1cc(C)c(C(=O)CC(=O)c2ccccc2[N+](=O)[O-])c(C)c1. The molecule has 0 unspecified atom stereocenters. The van der Waals surface area contributed by atoms with Crippen LogP contribution in [0, 0.1) is 30.9 Å². The van der Waals surface area contributed by atoms with E-state index >= 15 is 0 Å². The molecule has 0 bridgehead atoms. The summed E-state index contributed by atoms with van der Waals surface area (Å²) in [6.45, 7) is 5.58. The predicted molar refractivity (Wildman–Crippen MR) is 87.0 cm³/mol. The molecule has 0 saturated heterocycles. The summed E-state index contributed by atoms with van der Waals surface area (Å²) in [5.41, 5.74) is 2.87. The van der Waals surface area contributed by atoms with Crippen molar-refractivity contribution in [3.8, 4) is 0 Å². The van der Waals surface area contributed by atoms with Crippen LogP contribution in [-0.4, -0.2) is 16.5 Å². The minimum atomic E-state index is -0.611. The molecule has 0 heterocycles. The molecule has 0 radical (unpaired) electrons. The molecule has 23 heavy (non-hydrogen) atoms. The summed E-state index contributed by atoms with van der Waals surface area (Å²) < 4.78 is 0. The van der Waals surface area contributed by atoms with E-state index in [4.69, 9.17) is 0 Å². The normalized spacial score (nSPS) is 10.4. The third-order valence-electron chi connectivity index (χ3n) is 3.68. The minimum absolute atomic E-state index is 0.0340. The van der Waals surface area contributed by atoms with Crippen LogP contribution >= 0.6 is 0 Å². The molecule has 0 aliphatic heterocycles. The number of aryl methyl sites for hydroxylation is 3. The van der Waals surface area contributed by atoms with Crippen molar-refractivity contribution in [2.45, 2.75) is 27.2 Å². The van der Waals surface area contributed by atoms with Crippen molar-refractivity contribution in [3.05, 3.63) is 74.3 Å². The maximum absolute atomic E-state index is 12.5. The monoisotopic (exact) mass is 311 g/mol. The molecule has 0 saturated carbocycles. The number of rotatable bonds is 5. The standard InChI is InChI=1S/C18H17NO4/c1-11-8-12(2)18(13(3)9-11)17(21)10-16(20)14-6-4-5-7-15(14)19(22)23/h4-9H,10H2,1-3H3. The predicted octanol–water partition coefficient (Wildman–Crippen LogP) is 3.98. The van der Waals surface area contributed by atoms with E-state index < -0.39 is 10.7 Å². The first-order valence-electron chi connectivity index (χ1n) is 7.19. The number of benzene rings is 2. The summed E-state index contributed by atoms with van der Waals surface area (Å²) in [4.78, 5) is 35.2. The van der Waals surface area contributed by atoms with Crippen LogP contribution in [-0.2, 0) is 0 Å². The van der Waals surface area contributed by atoms with Crippen molar-refractivity contribution < 1.29 is 14.5 Å². The summed E-state index contributed by atoms with van der Waals surface area (Å²) in [7, 11) is 0. The van der Waals surface area contributed by atoms with E-state index in [0.717, 1.165) is 16.7 Å². The molecular formula is C18H17NO4. The molecule has 2 rings (SSSR count). The summed E-state index contributed by atoms with van der Waals surface area (Å²) in [5, 5.41) is 11.0. The largest absolute Gasteiger partial charge is 0.294 e. The number of Topliss-reactive ketones (excluding diaryl/α,β-unsaturated/α-hetero) is 2. The Labute approximate surface area is 134 Å². The van der Waals surface area contributed by atoms with Gasteiger partial charge in [-0.25, -0.2) is 0 Å². The quantitative estimate of drug-likeness (QED) is 0.362. The lowest BCUT2D eigenvalue weighted by atomic mass is 9.93. The van der Waals surface area contributed by atoms with E-state index in [1.807, 2.05) is 32.9 Å². The topological polar surface area (TPSA) is 77.3 Å². The lowest BCUT2D eigenvalue weighted by Gasteiger charge is -2.10. The van der Waals surface area contributed by atoms with E-state index in [0.29, 0.717) is 5.56 Å². The number of ketones is 2. The van der Waals surface area contributed by atoms with E-state index in [-0.39, 0.29) is 23.5 Å². The van der Waals surface area contributed by atoms with Crippen LogP contribution in [0.3, 0.4) is 0 Å². The Morgan fingerprint density at radius 1 is 1.00 bits per heavy atom. The molecule has 0 aliphatic carbocycles. The van der Waals surface area contributed by atoms with Crippen molar-refractivity contribution in [2.75, 3.05) is 0 Å². The van der Waals surface area contributed by atoms with Crippen LogP contribution in [0.15, 0.2) is 36.4 Å². The molecular weight excluding hydrogens is 294 g/mol. The second-order valence-corrected chi connectivity index (χ2v) is 5.57. The number of nitro benzene ring substituents is 1. The number of nitrogens with zero attached hydrogens (tertiary/aromatic N) is 1. The Morgan fingerprint density at radius 2 is 1.57 bits per heavy atom. The Kier molecular flexibility index (Phi) is 4.69. The second-order valence-electron chi connectivity index (χ2n) is 5.57. The summed E-state index contributed by atoms with van der Waals surface area (Å²) >= 11 is 0. The van der Waals surface area contributed by atoms with Crippen molar-refractivity contribution in [3.63, 3.8) is 0 Å². The van der Waals surface area contributed by atoms with E-state index in [9.17, 15) is 19.7 Å². The molecule has 0 fully saturated rings. The molecule has 0 amide bonds. The number of carbonyl (C=O) groups excluding carboxylic acids is 2.